The van der Waals surface area contributed by atoms with Gasteiger partial charge in [-0.15, -0.1) is 0 Å². The molecule has 0 saturated heterocycles. The van der Waals surface area contributed by atoms with E-state index in [1.54, 1.807) is 0 Å². The van der Waals surface area contributed by atoms with E-state index in [9.17, 15) is 5.11 Å². The minimum atomic E-state index is -0.328. The Morgan fingerprint density at radius 2 is 2.18 bits per heavy atom. The van der Waals surface area contributed by atoms with Crippen LogP contribution in [0.1, 0.15) is 12.0 Å². The van der Waals surface area contributed by atoms with Crippen LogP contribution in [0.5, 0.6) is 0 Å². The number of benzene rings is 1. The maximum Gasteiger partial charge on any atom is 0.0727 e. The minimum absolute atomic E-state index is 0.328. The Bertz CT molecular complexity index is 357. The number of nitrogens with zero attached hydrogens (tertiary/aromatic N) is 1. The van der Waals surface area contributed by atoms with Crippen LogP contribution in [0.2, 0.25) is 5.02 Å². The van der Waals surface area contributed by atoms with Crippen molar-refractivity contribution >= 4 is 17.3 Å². The Balaban J connectivity index is 2.63. The molecular formula is C13H21ClN2O. The molecule has 17 heavy (non-hydrogen) atoms. The second-order valence-electron chi connectivity index (χ2n) is 4.31. The Kier molecular flexibility index (Phi) is 5.75. The largest absolute Gasteiger partial charge is 0.391 e. The lowest BCUT2D eigenvalue weighted by atomic mass is 10.1. The number of nitrogens with one attached hydrogen (secondary N) is 1. The predicted molar refractivity (Wildman–Crippen MR) is 74.0 cm³/mol. The summed E-state index contributed by atoms with van der Waals surface area (Å²) in [4.78, 5) is 2.04. The summed E-state index contributed by atoms with van der Waals surface area (Å²) >= 11 is 6.08. The zero-order valence-electron chi connectivity index (χ0n) is 10.7. The van der Waals surface area contributed by atoms with Crippen molar-refractivity contribution in [2.45, 2.75) is 19.4 Å². The van der Waals surface area contributed by atoms with E-state index in [0.717, 1.165) is 29.2 Å². The van der Waals surface area contributed by atoms with E-state index in [1.165, 1.54) is 0 Å². The van der Waals surface area contributed by atoms with Crippen LogP contribution in [0.15, 0.2) is 18.2 Å². The molecule has 4 heteroatoms. The van der Waals surface area contributed by atoms with E-state index in [2.05, 4.69) is 5.32 Å². The third-order valence-electron chi connectivity index (χ3n) is 2.86. The summed E-state index contributed by atoms with van der Waals surface area (Å²) in [6.45, 7) is 3.43. The normalized spacial score (nSPS) is 12.5. The number of aliphatic hydroxyl groups excluding tert-OH is 1. The first-order chi connectivity index (χ1) is 8.06. The molecule has 0 radical (unpaired) electrons. The molecule has 0 saturated carbocycles. The molecule has 0 aliphatic carbocycles. The molecule has 96 valence electrons. The first-order valence-corrected chi connectivity index (χ1v) is 6.23. The molecule has 0 heterocycles. The SMILES string of the molecule is CNCCC(O)CN(C)c1cccc(Cl)c1C. The molecule has 0 fully saturated rings. The summed E-state index contributed by atoms with van der Waals surface area (Å²) in [6, 6.07) is 5.83. The van der Waals surface area contributed by atoms with Gasteiger partial charge < -0.3 is 15.3 Å². The van der Waals surface area contributed by atoms with E-state index in [4.69, 9.17) is 11.6 Å². The van der Waals surface area contributed by atoms with Crippen LogP contribution in [-0.2, 0) is 0 Å². The van der Waals surface area contributed by atoms with Gasteiger partial charge in [0.15, 0.2) is 0 Å². The molecule has 0 aliphatic heterocycles. The highest BCUT2D eigenvalue weighted by Crippen LogP contribution is 2.25. The number of rotatable bonds is 6. The lowest BCUT2D eigenvalue weighted by molar-refractivity contribution is 0.171. The van der Waals surface area contributed by atoms with Gasteiger partial charge in [-0.3, -0.25) is 0 Å². The van der Waals surface area contributed by atoms with Crippen LogP contribution in [-0.4, -0.2) is 38.4 Å². The lowest BCUT2D eigenvalue weighted by Crippen LogP contribution is -2.31. The van der Waals surface area contributed by atoms with Crippen LogP contribution in [0, 0.1) is 6.92 Å². The number of likely N-dealkylation sites (N-methyl/N-ethyl adjacent to an activating group) is 1. The first-order valence-electron chi connectivity index (χ1n) is 5.85. The van der Waals surface area contributed by atoms with Crippen LogP contribution in [0.25, 0.3) is 0 Å². The van der Waals surface area contributed by atoms with Crippen molar-refractivity contribution in [2.75, 3.05) is 32.1 Å². The maximum absolute atomic E-state index is 9.86. The van der Waals surface area contributed by atoms with Gasteiger partial charge in [-0.25, -0.2) is 0 Å². The second kappa shape index (κ2) is 6.84. The van der Waals surface area contributed by atoms with Crippen molar-refractivity contribution in [3.8, 4) is 0 Å². The molecule has 0 amide bonds. The standard InChI is InChI=1S/C13H21ClN2O/c1-10-12(14)5-4-6-13(10)16(3)9-11(17)7-8-15-2/h4-6,11,15,17H,7-9H2,1-3H3. The number of hydrogen-bond donors (Lipinski definition) is 2. The molecule has 1 aromatic rings. The number of hydrogen-bond acceptors (Lipinski definition) is 3. The van der Waals surface area contributed by atoms with Crippen molar-refractivity contribution in [3.63, 3.8) is 0 Å². The smallest absolute Gasteiger partial charge is 0.0727 e. The summed E-state index contributed by atoms with van der Waals surface area (Å²) in [6.07, 6.45) is 0.423. The van der Waals surface area contributed by atoms with E-state index in [0.29, 0.717) is 6.54 Å². The van der Waals surface area contributed by atoms with Gasteiger partial charge in [-0.05, 0) is 44.6 Å². The fourth-order valence-corrected chi connectivity index (χ4v) is 2.00. The predicted octanol–water partition coefficient (Wildman–Crippen LogP) is 2.06. The summed E-state index contributed by atoms with van der Waals surface area (Å²) in [5.41, 5.74) is 2.12. The summed E-state index contributed by atoms with van der Waals surface area (Å²) in [7, 11) is 3.86. The van der Waals surface area contributed by atoms with Crippen molar-refractivity contribution in [1.29, 1.82) is 0 Å². The first kappa shape index (κ1) is 14.3. The molecule has 1 unspecified atom stereocenters. The monoisotopic (exact) mass is 256 g/mol. The van der Waals surface area contributed by atoms with E-state index in [1.807, 2.05) is 44.1 Å². The molecule has 1 atom stereocenters. The van der Waals surface area contributed by atoms with Crippen LogP contribution < -0.4 is 10.2 Å². The topological polar surface area (TPSA) is 35.5 Å². The summed E-state index contributed by atoms with van der Waals surface area (Å²) < 4.78 is 0. The van der Waals surface area contributed by atoms with Gasteiger partial charge in [0.2, 0.25) is 0 Å². The lowest BCUT2D eigenvalue weighted by Gasteiger charge is -2.24. The molecule has 0 aromatic heterocycles. The number of aliphatic hydroxyl groups is 1. The highest BCUT2D eigenvalue weighted by atomic mass is 35.5. The Labute approximate surface area is 108 Å². The summed E-state index contributed by atoms with van der Waals surface area (Å²) in [5, 5.41) is 13.7. The second-order valence-corrected chi connectivity index (χ2v) is 4.72. The van der Waals surface area contributed by atoms with Crippen molar-refractivity contribution in [1.82, 2.24) is 5.32 Å². The third-order valence-corrected chi connectivity index (χ3v) is 3.27. The van der Waals surface area contributed by atoms with Gasteiger partial charge in [0, 0.05) is 24.3 Å². The highest BCUT2D eigenvalue weighted by molar-refractivity contribution is 6.31. The molecule has 0 aliphatic rings. The van der Waals surface area contributed by atoms with Gasteiger partial charge in [0.05, 0.1) is 6.10 Å². The summed E-state index contributed by atoms with van der Waals surface area (Å²) in [5.74, 6) is 0. The molecule has 3 nitrogen and oxygen atoms in total. The highest BCUT2D eigenvalue weighted by Gasteiger charge is 2.11. The molecule has 2 N–H and O–H groups in total. The van der Waals surface area contributed by atoms with Crippen molar-refractivity contribution in [2.24, 2.45) is 0 Å². The molecule has 1 rings (SSSR count). The molecule has 0 bridgehead atoms. The molecule has 0 spiro atoms. The van der Waals surface area contributed by atoms with E-state index < -0.39 is 0 Å². The number of halogens is 1. The van der Waals surface area contributed by atoms with Gasteiger partial charge in [0.25, 0.3) is 0 Å². The Morgan fingerprint density at radius 3 is 2.82 bits per heavy atom. The molecule has 1 aromatic carbocycles. The zero-order chi connectivity index (χ0) is 12.8. The average molecular weight is 257 g/mol. The quantitative estimate of drug-likeness (QED) is 0.818. The van der Waals surface area contributed by atoms with Gasteiger partial charge in [-0.1, -0.05) is 17.7 Å². The maximum atomic E-state index is 9.86. The van der Waals surface area contributed by atoms with Crippen molar-refractivity contribution < 1.29 is 5.11 Å². The van der Waals surface area contributed by atoms with E-state index in [-0.39, 0.29) is 6.10 Å². The zero-order valence-corrected chi connectivity index (χ0v) is 11.5. The fraction of sp³-hybridized carbons (Fsp3) is 0.538. The Hall–Kier alpha value is -0.770. The van der Waals surface area contributed by atoms with Gasteiger partial charge in [-0.2, -0.15) is 0 Å². The number of anilines is 1. The van der Waals surface area contributed by atoms with E-state index >= 15 is 0 Å². The molecular weight excluding hydrogens is 236 g/mol. The van der Waals surface area contributed by atoms with Crippen molar-refractivity contribution in [3.05, 3.63) is 28.8 Å². The average Bonchev–Trinajstić information content (AvgIpc) is 2.29. The van der Waals surface area contributed by atoms with Crippen LogP contribution in [0.3, 0.4) is 0 Å². The minimum Gasteiger partial charge on any atom is -0.391 e. The fourth-order valence-electron chi connectivity index (χ4n) is 1.83. The van der Waals surface area contributed by atoms with Crippen LogP contribution >= 0.6 is 11.6 Å². The third kappa shape index (κ3) is 4.19. The Morgan fingerprint density at radius 1 is 1.47 bits per heavy atom. The van der Waals surface area contributed by atoms with Gasteiger partial charge in [0.1, 0.15) is 0 Å². The van der Waals surface area contributed by atoms with Crippen LogP contribution in [0.4, 0.5) is 5.69 Å². The van der Waals surface area contributed by atoms with Gasteiger partial charge >= 0.3 is 0 Å².